The van der Waals surface area contributed by atoms with Crippen molar-refractivity contribution in [2.75, 3.05) is 18.4 Å². The lowest BCUT2D eigenvalue weighted by Crippen LogP contribution is -2.22. The SMILES string of the molecule is c1cc(N[C@H]2CCNC2)ncn1. The molecule has 0 bridgehead atoms. The van der Waals surface area contributed by atoms with Crippen LogP contribution in [0.15, 0.2) is 18.6 Å². The van der Waals surface area contributed by atoms with Crippen LogP contribution in [-0.2, 0) is 0 Å². The fraction of sp³-hybridized carbons (Fsp3) is 0.500. The Labute approximate surface area is 71.4 Å². The number of nitrogens with zero attached hydrogens (tertiary/aromatic N) is 2. The fourth-order valence-corrected chi connectivity index (χ4v) is 1.36. The van der Waals surface area contributed by atoms with Gasteiger partial charge in [0.25, 0.3) is 0 Å². The Kier molecular flexibility index (Phi) is 2.18. The van der Waals surface area contributed by atoms with Crippen LogP contribution in [0.3, 0.4) is 0 Å². The van der Waals surface area contributed by atoms with Crippen LogP contribution in [0.5, 0.6) is 0 Å². The molecular formula is C8H12N4. The van der Waals surface area contributed by atoms with E-state index in [9.17, 15) is 0 Å². The summed E-state index contributed by atoms with van der Waals surface area (Å²) in [6, 6.07) is 2.41. The number of rotatable bonds is 2. The number of hydrogen-bond acceptors (Lipinski definition) is 4. The van der Waals surface area contributed by atoms with Crippen LogP contribution in [-0.4, -0.2) is 29.1 Å². The molecule has 0 aromatic carbocycles. The topological polar surface area (TPSA) is 49.8 Å². The maximum Gasteiger partial charge on any atom is 0.129 e. The smallest absolute Gasteiger partial charge is 0.129 e. The minimum Gasteiger partial charge on any atom is -0.366 e. The molecule has 0 radical (unpaired) electrons. The van der Waals surface area contributed by atoms with E-state index in [0.717, 1.165) is 18.9 Å². The zero-order valence-corrected chi connectivity index (χ0v) is 6.83. The molecule has 12 heavy (non-hydrogen) atoms. The van der Waals surface area contributed by atoms with Crippen molar-refractivity contribution < 1.29 is 0 Å². The minimum absolute atomic E-state index is 0.528. The molecule has 0 aliphatic carbocycles. The standard InChI is InChI=1S/C8H12N4/c1-3-9-5-7(1)12-8-2-4-10-6-11-8/h2,4,6-7,9H,1,3,5H2,(H,10,11,12)/t7-/m0/s1. The van der Waals surface area contributed by atoms with E-state index in [0.29, 0.717) is 6.04 Å². The summed E-state index contributed by atoms with van der Waals surface area (Å²) in [5.41, 5.74) is 0. The van der Waals surface area contributed by atoms with Crippen LogP contribution in [0.25, 0.3) is 0 Å². The normalized spacial score (nSPS) is 22.5. The summed E-state index contributed by atoms with van der Waals surface area (Å²) in [7, 11) is 0. The molecule has 4 heteroatoms. The largest absolute Gasteiger partial charge is 0.366 e. The van der Waals surface area contributed by atoms with E-state index in [-0.39, 0.29) is 0 Å². The van der Waals surface area contributed by atoms with E-state index in [4.69, 9.17) is 0 Å². The zero-order chi connectivity index (χ0) is 8.23. The fourth-order valence-electron chi connectivity index (χ4n) is 1.36. The summed E-state index contributed by atoms with van der Waals surface area (Å²) in [5.74, 6) is 0.915. The van der Waals surface area contributed by atoms with Gasteiger partial charge in [0.05, 0.1) is 0 Å². The molecule has 1 aromatic rings. The monoisotopic (exact) mass is 164 g/mol. The van der Waals surface area contributed by atoms with E-state index in [1.807, 2.05) is 6.07 Å². The molecular weight excluding hydrogens is 152 g/mol. The van der Waals surface area contributed by atoms with Crippen molar-refractivity contribution in [1.29, 1.82) is 0 Å². The maximum atomic E-state index is 4.09. The van der Waals surface area contributed by atoms with Gasteiger partial charge in [-0.1, -0.05) is 0 Å². The van der Waals surface area contributed by atoms with Crippen LogP contribution in [0.4, 0.5) is 5.82 Å². The van der Waals surface area contributed by atoms with Crippen molar-refractivity contribution in [3.63, 3.8) is 0 Å². The van der Waals surface area contributed by atoms with Gasteiger partial charge in [0.15, 0.2) is 0 Å². The molecule has 0 saturated carbocycles. The van der Waals surface area contributed by atoms with Crippen molar-refractivity contribution in [2.24, 2.45) is 0 Å². The summed E-state index contributed by atoms with van der Waals surface area (Å²) in [6.45, 7) is 2.13. The highest BCUT2D eigenvalue weighted by molar-refractivity contribution is 5.33. The molecule has 1 fully saturated rings. The first-order valence-corrected chi connectivity index (χ1v) is 4.18. The first-order chi connectivity index (χ1) is 5.95. The highest BCUT2D eigenvalue weighted by atomic mass is 15.1. The van der Waals surface area contributed by atoms with Crippen molar-refractivity contribution in [3.05, 3.63) is 18.6 Å². The molecule has 2 N–H and O–H groups in total. The van der Waals surface area contributed by atoms with Crippen LogP contribution in [0.1, 0.15) is 6.42 Å². The zero-order valence-electron chi connectivity index (χ0n) is 6.83. The Balaban J connectivity index is 1.94. The first kappa shape index (κ1) is 7.49. The second kappa shape index (κ2) is 3.49. The lowest BCUT2D eigenvalue weighted by molar-refractivity contribution is 0.787. The highest BCUT2D eigenvalue weighted by Crippen LogP contribution is 2.06. The maximum absolute atomic E-state index is 4.09. The van der Waals surface area contributed by atoms with Crippen LogP contribution >= 0.6 is 0 Å². The molecule has 1 saturated heterocycles. The predicted octanol–water partition coefficient (Wildman–Crippen LogP) is 0.250. The molecule has 4 nitrogen and oxygen atoms in total. The molecule has 64 valence electrons. The Morgan fingerprint density at radius 3 is 3.25 bits per heavy atom. The molecule has 0 spiro atoms. The second-order valence-electron chi connectivity index (χ2n) is 2.93. The van der Waals surface area contributed by atoms with E-state index in [1.54, 1.807) is 12.5 Å². The second-order valence-corrected chi connectivity index (χ2v) is 2.93. The summed E-state index contributed by atoms with van der Waals surface area (Å²) in [5, 5.41) is 6.61. The van der Waals surface area contributed by atoms with Gasteiger partial charge < -0.3 is 10.6 Å². The van der Waals surface area contributed by atoms with Gasteiger partial charge in [-0.3, -0.25) is 0 Å². The van der Waals surface area contributed by atoms with Crippen LogP contribution in [0, 0.1) is 0 Å². The summed E-state index contributed by atoms with van der Waals surface area (Å²) >= 11 is 0. The molecule has 1 aliphatic rings. The van der Waals surface area contributed by atoms with Gasteiger partial charge in [-0.2, -0.15) is 0 Å². The molecule has 1 atom stereocenters. The minimum atomic E-state index is 0.528. The summed E-state index contributed by atoms with van der Waals surface area (Å²) in [4.78, 5) is 7.95. The van der Waals surface area contributed by atoms with E-state index < -0.39 is 0 Å². The highest BCUT2D eigenvalue weighted by Gasteiger charge is 2.13. The average molecular weight is 164 g/mol. The average Bonchev–Trinajstić information content (AvgIpc) is 2.59. The van der Waals surface area contributed by atoms with Gasteiger partial charge in [0.1, 0.15) is 12.1 Å². The number of aromatic nitrogens is 2. The number of nitrogens with one attached hydrogen (secondary N) is 2. The Bertz CT molecular complexity index is 230. The third kappa shape index (κ3) is 1.71. The molecule has 0 amide bonds. The Hall–Kier alpha value is -1.16. The molecule has 1 aliphatic heterocycles. The Morgan fingerprint density at radius 1 is 1.58 bits per heavy atom. The number of hydrogen-bond donors (Lipinski definition) is 2. The van der Waals surface area contributed by atoms with Crippen LogP contribution in [0.2, 0.25) is 0 Å². The molecule has 0 unspecified atom stereocenters. The van der Waals surface area contributed by atoms with Gasteiger partial charge in [-0.15, -0.1) is 0 Å². The van der Waals surface area contributed by atoms with E-state index in [1.165, 1.54) is 6.42 Å². The van der Waals surface area contributed by atoms with Crippen molar-refractivity contribution in [1.82, 2.24) is 15.3 Å². The van der Waals surface area contributed by atoms with E-state index >= 15 is 0 Å². The lowest BCUT2D eigenvalue weighted by atomic mass is 10.2. The lowest BCUT2D eigenvalue weighted by Gasteiger charge is -2.10. The third-order valence-electron chi connectivity index (χ3n) is 1.99. The van der Waals surface area contributed by atoms with Gasteiger partial charge >= 0.3 is 0 Å². The van der Waals surface area contributed by atoms with E-state index in [2.05, 4.69) is 20.6 Å². The predicted molar refractivity (Wildman–Crippen MR) is 46.9 cm³/mol. The molecule has 2 heterocycles. The van der Waals surface area contributed by atoms with Gasteiger partial charge in [-0.25, -0.2) is 9.97 Å². The van der Waals surface area contributed by atoms with Crippen molar-refractivity contribution in [3.8, 4) is 0 Å². The van der Waals surface area contributed by atoms with Crippen molar-refractivity contribution in [2.45, 2.75) is 12.5 Å². The first-order valence-electron chi connectivity index (χ1n) is 4.18. The molecule has 1 aromatic heterocycles. The van der Waals surface area contributed by atoms with Crippen LogP contribution < -0.4 is 10.6 Å². The van der Waals surface area contributed by atoms with Gasteiger partial charge in [0, 0.05) is 18.8 Å². The van der Waals surface area contributed by atoms with Gasteiger partial charge in [-0.05, 0) is 19.0 Å². The summed E-state index contributed by atoms with van der Waals surface area (Å²) < 4.78 is 0. The summed E-state index contributed by atoms with van der Waals surface area (Å²) in [6.07, 6.45) is 4.48. The number of anilines is 1. The van der Waals surface area contributed by atoms with Crippen molar-refractivity contribution >= 4 is 5.82 Å². The molecule has 2 rings (SSSR count). The van der Waals surface area contributed by atoms with Gasteiger partial charge in [0.2, 0.25) is 0 Å². The quantitative estimate of drug-likeness (QED) is 0.658. The third-order valence-corrected chi connectivity index (χ3v) is 1.99. The Morgan fingerprint density at radius 2 is 2.58 bits per heavy atom.